The standard InChI is InChI=1S/C28H31N3O2/c1-27(2)15-16-28(3,4)22-17-19(11-14-21(22)27)26(33)30-20-12-9-18(10-13-20)25(32)31-24-8-6-5-7-23(24)29/h5-14,17H,15-16,29H2,1-4H3,(H,30,33)(H,31,32). The van der Waals surface area contributed by atoms with Crippen LogP contribution in [0.25, 0.3) is 0 Å². The molecule has 0 spiro atoms. The van der Waals surface area contributed by atoms with Gasteiger partial charge >= 0.3 is 0 Å². The second-order valence-corrected chi connectivity index (χ2v) is 10.1. The highest BCUT2D eigenvalue weighted by atomic mass is 16.2. The largest absolute Gasteiger partial charge is 0.397 e. The van der Waals surface area contributed by atoms with Crippen LogP contribution in [0.15, 0.2) is 66.7 Å². The Morgan fingerprint density at radius 2 is 1.30 bits per heavy atom. The first-order valence-electron chi connectivity index (χ1n) is 11.3. The zero-order valence-electron chi connectivity index (χ0n) is 19.7. The maximum atomic E-state index is 13.0. The molecule has 170 valence electrons. The van der Waals surface area contributed by atoms with E-state index in [9.17, 15) is 9.59 Å². The number of benzene rings is 3. The number of hydrogen-bond donors (Lipinski definition) is 3. The summed E-state index contributed by atoms with van der Waals surface area (Å²) in [6.45, 7) is 9.03. The topological polar surface area (TPSA) is 84.2 Å². The summed E-state index contributed by atoms with van der Waals surface area (Å²) < 4.78 is 0. The Morgan fingerprint density at radius 1 is 0.727 bits per heavy atom. The van der Waals surface area contributed by atoms with E-state index in [4.69, 9.17) is 5.73 Å². The lowest BCUT2D eigenvalue weighted by Crippen LogP contribution is -2.34. The highest BCUT2D eigenvalue weighted by molar-refractivity contribution is 6.07. The van der Waals surface area contributed by atoms with Gasteiger partial charge in [0.15, 0.2) is 0 Å². The number of para-hydroxylation sites is 2. The van der Waals surface area contributed by atoms with Crippen LogP contribution in [0, 0.1) is 0 Å². The van der Waals surface area contributed by atoms with Crippen molar-refractivity contribution in [3.05, 3.63) is 89.0 Å². The average molecular weight is 442 g/mol. The summed E-state index contributed by atoms with van der Waals surface area (Å²) in [6, 6.07) is 20.0. The van der Waals surface area contributed by atoms with E-state index >= 15 is 0 Å². The van der Waals surface area contributed by atoms with Crippen molar-refractivity contribution >= 4 is 28.9 Å². The van der Waals surface area contributed by atoms with Gasteiger partial charge in [0, 0.05) is 16.8 Å². The van der Waals surface area contributed by atoms with Gasteiger partial charge in [0.1, 0.15) is 0 Å². The molecule has 0 saturated heterocycles. The van der Waals surface area contributed by atoms with Crippen molar-refractivity contribution in [3.63, 3.8) is 0 Å². The van der Waals surface area contributed by atoms with Gasteiger partial charge in [-0.05, 0) is 83.3 Å². The van der Waals surface area contributed by atoms with E-state index in [1.807, 2.05) is 24.3 Å². The molecule has 0 saturated carbocycles. The third-order valence-corrected chi connectivity index (χ3v) is 6.73. The number of nitrogens with one attached hydrogen (secondary N) is 2. The van der Waals surface area contributed by atoms with Gasteiger partial charge in [-0.15, -0.1) is 0 Å². The number of nitrogens with two attached hydrogens (primary N) is 1. The van der Waals surface area contributed by atoms with E-state index in [1.165, 1.54) is 11.1 Å². The van der Waals surface area contributed by atoms with E-state index in [0.29, 0.717) is 28.2 Å². The Kier molecular flexibility index (Phi) is 5.75. The van der Waals surface area contributed by atoms with Gasteiger partial charge in [-0.1, -0.05) is 45.9 Å². The monoisotopic (exact) mass is 441 g/mol. The predicted molar refractivity (Wildman–Crippen MR) is 135 cm³/mol. The molecule has 0 fully saturated rings. The molecule has 3 aromatic carbocycles. The molecule has 2 amide bonds. The van der Waals surface area contributed by atoms with Crippen LogP contribution in [0.5, 0.6) is 0 Å². The number of rotatable bonds is 4. The number of carbonyl (C=O) groups is 2. The van der Waals surface area contributed by atoms with E-state index < -0.39 is 0 Å². The molecular formula is C28H31N3O2. The number of hydrogen-bond acceptors (Lipinski definition) is 3. The lowest BCUT2D eigenvalue weighted by Gasteiger charge is -2.42. The summed E-state index contributed by atoms with van der Waals surface area (Å²) >= 11 is 0. The van der Waals surface area contributed by atoms with Crippen LogP contribution in [0.3, 0.4) is 0 Å². The van der Waals surface area contributed by atoms with Crippen molar-refractivity contribution < 1.29 is 9.59 Å². The van der Waals surface area contributed by atoms with Gasteiger partial charge in [0.25, 0.3) is 11.8 Å². The second kappa shape index (κ2) is 8.39. The second-order valence-electron chi connectivity index (χ2n) is 10.1. The van der Waals surface area contributed by atoms with E-state index in [0.717, 1.165) is 12.8 Å². The Hall–Kier alpha value is -3.60. The number of fused-ring (bicyclic) bond motifs is 1. The molecule has 0 bridgehead atoms. The molecule has 3 aromatic rings. The van der Waals surface area contributed by atoms with Crippen LogP contribution >= 0.6 is 0 Å². The van der Waals surface area contributed by atoms with Gasteiger partial charge in [-0.2, -0.15) is 0 Å². The van der Waals surface area contributed by atoms with Crippen LogP contribution in [0.1, 0.15) is 72.4 Å². The first-order valence-corrected chi connectivity index (χ1v) is 11.3. The third-order valence-electron chi connectivity index (χ3n) is 6.73. The van der Waals surface area contributed by atoms with Crippen molar-refractivity contribution in [3.8, 4) is 0 Å². The molecule has 33 heavy (non-hydrogen) atoms. The maximum Gasteiger partial charge on any atom is 0.255 e. The first-order chi connectivity index (χ1) is 15.6. The Morgan fingerprint density at radius 3 is 1.97 bits per heavy atom. The fraction of sp³-hybridized carbons (Fsp3) is 0.286. The van der Waals surface area contributed by atoms with Gasteiger partial charge < -0.3 is 16.4 Å². The molecular weight excluding hydrogens is 410 g/mol. The molecule has 0 heterocycles. The fourth-order valence-electron chi connectivity index (χ4n) is 4.44. The van der Waals surface area contributed by atoms with Crippen LogP contribution in [0.4, 0.5) is 17.1 Å². The average Bonchev–Trinajstić information content (AvgIpc) is 2.79. The summed E-state index contributed by atoms with van der Waals surface area (Å²) in [4.78, 5) is 25.5. The fourth-order valence-corrected chi connectivity index (χ4v) is 4.44. The summed E-state index contributed by atoms with van der Waals surface area (Å²) in [5.41, 5.74) is 11.4. The molecule has 0 aliphatic heterocycles. The van der Waals surface area contributed by atoms with Crippen LogP contribution in [-0.2, 0) is 10.8 Å². The molecule has 5 nitrogen and oxygen atoms in total. The minimum atomic E-state index is -0.259. The normalized spacial score (nSPS) is 15.9. The lowest BCUT2D eigenvalue weighted by molar-refractivity contribution is 0.101. The van der Waals surface area contributed by atoms with Crippen molar-refractivity contribution in [2.75, 3.05) is 16.4 Å². The number of nitrogen functional groups attached to an aromatic ring is 1. The summed E-state index contributed by atoms with van der Waals surface area (Å²) in [5, 5.41) is 5.75. The number of amides is 2. The lowest BCUT2D eigenvalue weighted by atomic mass is 9.63. The van der Waals surface area contributed by atoms with Gasteiger partial charge in [0.05, 0.1) is 11.4 Å². The third kappa shape index (κ3) is 4.63. The summed E-state index contributed by atoms with van der Waals surface area (Å²) in [7, 11) is 0. The molecule has 4 rings (SSSR count). The van der Waals surface area contributed by atoms with E-state index in [-0.39, 0.29) is 22.6 Å². The van der Waals surface area contributed by atoms with Gasteiger partial charge in [-0.25, -0.2) is 0 Å². The smallest absolute Gasteiger partial charge is 0.255 e. The molecule has 0 unspecified atom stereocenters. The quantitative estimate of drug-likeness (QED) is 0.426. The number of anilines is 3. The highest BCUT2D eigenvalue weighted by Crippen LogP contribution is 2.45. The Labute approximate surface area is 195 Å². The molecule has 0 aromatic heterocycles. The zero-order valence-corrected chi connectivity index (χ0v) is 19.7. The van der Waals surface area contributed by atoms with Gasteiger partial charge in [-0.3, -0.25) is 9.59 Å². The first kappa shape index (κ1) is 22.6. The Bertz CT molecular complexity index is 1210. The molecule has 1 aliphatic rings. The molecule has 0 radical (unpaired) electrons. The van der Waals surface area contributed by atoms with Crippen molar-refractivity contribution in [2.45, 2.75) is 51.4 Å². The minimum Gasteiger partial charge on any atom is -0.397 e. The highest BCUT2D eigenvalue weighted by Gasteiger charge is 2.37. The zero-order chi connectivity index (χ0) is 23.8. The molecule has 1 aliphatic carbocycles. The predicted octanol–water partition coefficient (Wildman–Crippen LogP) is 6.12. The van der Waals surface area contributed by atoms with Crippen LogP contribution < -0.4 is 16.4 Å². The number of carbonyl (C=O) groups excluding carboxylic acids is 2. The minimum absolute atomic E-state index is 0.0400. The van der Waals surface area contributed by atoms with Gasteiger partial charge in [0.2, 0.25) is 0 Å². The summed E-state index contributed by atoms with van der Waals surface area (Å²) in [5.74, 6) is -0.420. The van der Waals surface area contributed by atoms with Crippen molar-refractivity contribution in [1.82, 2.24) is 0 Å². The molecule has 0 atom stereocenters. The van der Waals surface area contributed by atoms with Crippen LogP contribution in [0.2, 0.25) is 0 Å². The molecule has 4 N–H and O–H groups in total. The van der Waals surface area contributed by atoms with E-state index in [2.05, 4.69) is 44.4 Å². The molecule has 5 heteroatoms. The van der Waals surface area contributed by atoms with Crippen molar-refractivity contribution in [2.24, 2.45) is 0 Å². The maximum absolute atomic E-state index is 13.0. The van der Waals surface area contributed by atoms with Crippen molar-refractivity contribution in [1.29, 1.82) is 0 Å². The SMILES string of the molecule is CC1(C)CCC(C)(C)c2cc(C(=O)Nc3ccc(C(=O)Nc4ccccc4N)cc3)ccc21. The Balaban J connectivity index is 1.48. The van der Waals surface area contributed by atoms with E-state index in [1.54, 1.807) is 36.4 Å². The summed E-state index contributed by atoms with van der Waals surface area (Å²) in [6.07, 6.45) is 2.23. The van der Waals surface area contributed by atoms with Crippen LogP contribution in [-0.4, -0.2) is 11.8 Å².